The Hall–Kier alpha value is -2.32. The Morgan fingerprint density at radius 3 is 2.95 bits per heavy atom. The van der Waals surface area contributed by atoms with Gasteiger partial charge in [0.1, 0.15) is 0 Å². The molecule has 0 aliphatic carbocycles. The van der Waals surface area contributed by atoms with E-state index in [0.717, 1.165) is 5.56 Å². The van der Waals surface area contributed by atoms with E-state index in [1.807, 2.05) is 13.0 Å². The summed E-state index contributed by atoms with van der Waals surface area (Å²) in [6.45, 7) is 5.89. The summed E-state index contributed by atoms with van der Waals surface area (Å²) < 4.78 is 0. The van der Waals surface area contributed by atoms with Crippen molar-refractivity contribution in [1.82, 2.24) is 4.90 Å². The monoisotopic (exact) mass is 259 g/mol. The van der Waals surface area contributed by atoms with E-state index in [9.17, 15) is 4.79 Å². The molecule has 1 aromatic carbocycles. The number of carbonyl (C=O) groups is 1. The topological polar surface area (TPSA) is 76.4 Å². The van der Waals surface area contributed by atoms with Crippen molar-refractivity contribution in [3.63, 3.8) is 0 Å². The van der Waals surface area contributed by atoms with Crippen LogP contribution in [0, 0.1) is 18.3 Å². The molecule has 0 atom stereocenters. The molecule has 2 amide bonds. The molecule has 0 aliphatic rings. The number of aryl methyl sites for hydroxylation is 1. The number of anilines is 1. The number of hydrogen-bond donors (Lipinski definition) is 2. The van der Waals surface area contributed by atoms with Gasteiger partial charge in [0.2, 0.25) is 0 Å². The number of hydrogen-bond acceptors (Lipinski definition) is 3. The van der Waals surface area contributed by atoms with E-state index >= 15 is 0 Å². The molecule has 1 rings (SSSR count). The molecule has 0 spiro atoms. The molecule has 0 fully saturated rings. The van der Waals surface area contributed by atoms with Crippen molar-refractivity contribution in [3.05, 3.63) is 42.0 Å². The number of urea groups is 1. The summed E-state index contributed by atoms with van der Waals surface area (Å²) in [6.07, 6.45) is 1.59. The van der Waals surface area contributed by atoms with E-state index in [4.69, 9.17) is 10.4 Å². The molecule has 0 heterocycles. The Kier molecular flexibility index (Phi) is 5.58. The number of rotatable bonds is 5. The van der Waals surface area contributed by atoms with Crippen LogP contribution in [0.2, 0.25) is 0 Å². The van der Waals surface area contributed by atoms with E-state index in [0.29, 0.717) is 17.8 Å². The molecule has 0 unspecified atom stereocenters. The first kappa shape index (κ1) is 14.7. The number of carbonyl (C=O) groups excluding carboxylic acids is 1. The molecule has 0 aromatic heterocycles. The molecule has 1 aromatic rings. The maximum Gasteiger partial charge on any atom is 0.322 e. The minimum absolute atomic E-state index is 0.113. The summed E-state index contributed by atoms with van der Waals surface area (Å²) in [7, 11) is 0. The lowest BCUT2D eigenvalue weighted by Gasteiger charge is -2.21. The molecule has 0 aliphatic heterocycles. The van der Waals surface area contributed by atoms with Crippen LogP contribution in [0.1, 0.15) is 11.1 Å². The quantitative estimate of drug-likeness (QED) is 0.793. The number of aliphatic hydroxyl groups is 1. The molecule has 0 bridgehead atoms. The summed E-state index contributed by atoms with van der Waals surface area (Å²) in [4.78, 5) is 13.5. The summed E-state index contributed by atoms with van der Waals surface area (Å²) in [5.74, 6) is 0. The highest BCUT2D eigenvalue weighted by Gasteiger charge is 2.12. The minimum atomic E-state index is -0.327. The standard InChI is InChI=1S/C14H17N3O2/c1-3-6-17(7-8-18)14(19)16-13-9-12(10-15)5-4-11(13)2/h3-5,9,18H,1,6-8H2,2H3,(H,16,19). The molecule has 19 heavy (non-hydrogen) atoms. The van der Waals surface area contributed by atoms with Gasteiger partial charge in [-0.1, -0.05) is 12.1 Å². The first-order chi connectivity index (χ1) is 9.12. The van der Waals surface area contributed by atoms with Crippen LogP contribution in [0.5, 0.6) is 0 Å². The van der Waals surface area contributed by atoms with Gasteiger partial charge in [-0.15, -0.1) is 6.58 Å². The van der Waals surface area contributed by atoms with Crippen molar-refractivity contribution in [1.29, 1.82) is 5.26 Å². The molecule has 0 saturated carbocycles. The van der Waals surface area contributed by atoms with Gasteiger partial charge in [0, 0.05) is 18.8 Å². The second-order valence-corrected chi connectivity index (χ2v) is 4.03. The predicted octanol–water partition coefficient (Wildman–Crippen LogP) is 1.88. The Morgan fingerprint density at radius 1 is 1.63 bits per heavy atom. The summed E-state index contributed by atoms with van der Waals surface area (Å²) in [6, 6.07) is 6.79. The number of aliphatic hydroxyl groups excluding tert-OH is 1. The number of nitriles is 1. The zero-order valence-corrected chi connectivity index (χ0v) is 10.9. The molecule has 5 nitrogen and oxygen atoms in total. The lowest BCUT2D eigenvalue weighted by Crippen LogP contribution is -2.37. The highest BCUT2D eigenvalue weighted by atomic mass is 16.3. The largest absolute Gasteiger partial charge is 0.395 e. The zero-order valence-electron chi connectivity index (χ0n) is 10.9. The second-order valence-electron chi connectivity index (χ2n) is 4.03. The molecular formula is C14H17N3O2. The van der Waals surface area contributed by atoms with E-state index in [1.54, 1.807) is 24.3 Å². The Bertz CT molecular complexity index is 506. The van der Waals surface area contributed by atoms with E-state index in [-0.39, 0.29) is 19.2 Å². The fourth-order valence-corrected chi connectivity index (χ4v) is 1.57. The van der Waals surface area contributed by atoms with Crippen molar-refractivity contribution in [3.8, 4) is 6.07 Å². The van der Waals surface area contributed by atoms with Crippen molar-refractivity contribution in [2.45, 2.75) is 6.92 Å². The number of nitrogens with zero attached hydrogens (tertiary/aromatic N) is 2. The maximum atomic E-state index is 12.0. The zero-order chi connectivity index (χ0) is 14.3. The number of benzene rings is 1. The highest BCUT2D eigenvalue weighted by Crippen LogP contribution is 2.17. The minimum Gasteiger partial charge on any atom is -0.395 e. The average Bonchev–Trinajstić information content (AvgIpc) is 2.41. The van der Waals surface area contributed by atoms with E-state index < -0.39 is 0 Å². The van der Waals surface area contributed by atoms with Crippen molar-refractivity contribution in [2.24, 2.45) is 0 Å². The van der Waals surface area contributed by atoms with Gasteiger partial charge in [-0.3, -0.25) is 0 Å². The van der Waals surface area contributed by atoms with Gasteiger partial charge in [0.25, 0.3) is 0 Å². The van der Waals surface area contributed by atoms with Gasteiger partial charge in [0.05, 0.1) is 18.2 Å². The van der Waals surface area contributed by atoms with Crippen LogP contribution in [0.3, 0.4) is 0 Å². The van der Waals surface area contributed by atoms with Crippen LogP contribution >= 0.6 is 0 Å². The normalized spacial score (nSPS) is 9.53. The summed E-state index contributed by atoms with van der Waals surface area (Å²) in [5.41, 5.74) is 1.95. The van der Waals surface area contributed by atoms with Gasteiger partial charge in [-0.05, 0) is 24.6 Å². The van der Waals surface area contributed by atoms with Crippen LogP contribution in [-0.2, 0) is 0 Å². The van der Waals surface area contributed by atoms with Gasteiger partial charge in [0.15, 0.2) is 0 Å². The van der Waals surface area contributed by atoms with E-state index in [2.05, 4.69) is 11.9 Å². The van der Waals surface area contributed by atoms with Crippen molar-refractivity contribution >= 4 is 11.7 Å². The first-order valence-corrected chi connectivity index (χ1v) is 5.90. The molecule has 0 saturated heterocycles. The molecular weight excluding hydrogens is 242 g/mol. The lowest BCUT2D eigenvalue weighted by molar-refractivity contribution is 0.195. The van der Waals surface area contributed by atoms with Gasteiger partial charge < -0.3 is 15.3 Å². The molecule has 0 radical (unpaired) electrons. The number of amides is 2. The van der Waals surface area contributed by atoms with Crippen molar-refractivity contribution in [2.75, 3.05) is 25.0 Å². The van der Waals surface area contributed by atoms with Gasteiger partial charge >= 0.3 is 6.03 Å². The second kappa shape index (κ2) is 7.19. The first-order valence-electron chi connectivity index (χ1n) is 5.90. The van der Waals surface area contributed by atoms with Gasteiger partial charge in [-0.2, -0.15) is 5.26 Å². The molecule has 100 valence electrons. The fraction of sp³-hybridized carbons (Fsp3) is 0.286. The molecule has 2 N–H and O–H groups in total. The van der Waals surface area contributed by atoms with Crippen LogP contribution in [0.15, 0.2) is 30.9 Å². The lowest BCUT2D eigenvalue weighted by atomic mass is 10.1. The SMILES string of the molecule is C=CCN(CCO)C(=O)Nc1cc(C#N)ccc1C. The Morgan fingerprint density at radius 2 is 2.37 bits per heavy atom. The van der Waals surface area contributed by atoms with Crippen LogP contribution in [0.4, 0.5) is 10.5 Å². The van der Waals surface area contributed by atoms with E-state index in [1.165, 1.54) is 4.90 Å². The Labute approximate surface area is 112 Å². The summed E-state index contributed by atoms with van der Waals surface area (Å²) in [5, 5.41) is 20.5. The third kappa shape index (κ3) is 4.12. The predicted molar refractivity (Wildman–Crippen MR) is 73.8 cm³/mol. The fourth-order valence-electron chi connectivity index (χ4n) is 1.57. The maximum absolute atomic E-state index is 12.0. The summed E-state index contributed by atoms with van der Waals surface area (Å²) >= 11 is 0. The van der Waals surface area contributed by atoms with Crippen LogP contribution in [-0.4, -0.2) is 35.7 Å². The third-order valence-corrected chi connectivity index (χ3v) is 2.61. The van der Waals surface area contributed by atoms with Crippen LogP contribution in [0.25, 0.3) is 0 Å². The van der Waals surface area contributed by atoms with Crippen LogP contribution < -0.4 is 5.32 Å². The van der Waals surface area contributed by atoms with Crippen molar-refractivity contribution < 1.29 is 9.90 Å². The number of nitrogens with one attached hydrogen (secondary N) is 1. The average molecular weight is 259 g/mol. The third-order valence-electron chi connectivity index (χ3n) is 2.61. The molecule has 5 heteroatoms. The van der Waals surface area contributed by atoms with Gasteiger partial charge in [-0.25, -0.2) is 4.79 Å². The highest BCUT2D eigenvalue weighted by molar-refractivity contribution is 5.90. The smallest absolute Gasteiger partial charge is 0.322 e. The Balaban J connectivity index is 2.85.